The van der Waals surface area contributed by atoms with E-state index in [2.05, 4.69) is 5.32 Å². The number of alkyl halides is 3. The molecule has 0 atom stereocenters. The zero-order valence-corrected chi connectivity index (χ0v) is 11.8. The number of anilines is 1. The average molecular weight is 315 g/mol. The van der Waals surface area contributed by atoms with Crippen molar-refractivity contribution in [3.8, 4) is 0 Å². The highest BCUT2D eigenvalue weighted by atomic mass is 32.1. The van der Waals surface area contributed by atoms with Gasteiger partial charge in [-0.15, -0.1) is 0 Å². The summed E-state index contributed by atoms with van der Waals surface area (Å²) in [7, 11) is 0. The molecule has 1 aromatic heterocycles. The summed E-state index contributed by atoms with van der Waals surface area (Å²) < 4.78 is 38.2. The van der Waals surface area contributed by atoms with Crippen molar-refractivity contribution >= 4 is 23.0 Å². The number of thiophene rings is 1. The minimum absolute atomic E-state index is 0.339. The van der Waals surface area contributed by atoms with E-state index in [-0.39, 0.29) is 0 Å². The molecule has 0 unspecified atom stereocenters. The van der Waals surface area contributed by atoms with E-state index in [0.717, 1.165) is 23.3 Å². The van der Waals surface area contributed by atoms with E-state index >= 15 is 0 Å². The van der Waals surface area contributed by atoms with Crippen molar-refractivity contribution in [2.75, 3.05) is 5.32 Å². The topological polar surface area (TPSA) is 49.3 Å². The lowest BCUT2D eigenvalue weighted by Gasteiger charge is -2.13. The zero-order chi connectivity index (χ0) is 15.6. The van der Waals surface area contributed by atoms with Crippen molar-refractivity contribution in [1.82, 2.24) is 0 Å². The van der Waals surface area contributed by atoms with Gasteiger partial charge in [0.05, 0.1) is 11.1 Å². The molecule has 2 N–H and O–H groups in total. The van der Waals surface area contributed by atoms with Crippen LogP contribution in [0.15, 0.2) is 29.0 Å². The zero-order valence-electron chi connectivity index (χ0n) is 11.0. The Labute approximate surface area is 123 Å². The maximum Gasteiger partial charge on any atom is 0.417 e. The molecule has 0 radical (unpaired) electrons. The predicted octanol–water partition coefficient (Wildman–Crippen LogP) is 4.39. The van der Waals surface area contributed by atoms with Gasteiger partial charge in [0.15, 0.2) is 0 Å². The second-order valence-electron chi connectivity index (χ2n) is 4.50. The van der Waals surface area contributed by atoms with Crippen molar-refractivity contribution in [2.45, 2.75) is 19.6 Å². The Bertz CT molecular complexity index is 664. The van der Waals surface area contributed by atoms with Crippen molar-refractivity contribution in [3.05, 3.63) is 51.2 Å². The fourth-order valence-corrected chi connectivity index (χ4v) is 2.70. The van der Waals surface area contributed by atoms with E-state index in [0.29, 0.717) is 12.2 Å². The quantitative estimate of drug-likeness (QED) is 0.880. The molecule has 21 heavy (non-hydrogen) atoms. The van der Waals surface area contributed by atoms with Crippen molar-refractivity contribution < 1.29 is 23.1 Å². The second-order valence-corrected chi connectivity index (χ2v) is 5.24. The number of carboxylic acid groups (broad SMARTS) is 1. The molecule has 2 rings (SSSR count). The van der Waals surface area contributed by atoms with Gasteiger partial charge in [-0.2, -0.15) is 24.5 Å². The Hall–Kier alpha value is -2.02. The molecule has 0 aliphatic rings. The van der Waals surface area contributed by atoms with Crippen LogP contribution in [0.2, 0.25) is 0 Å². The third-order valence-electron chi connectivity index (χ3n) is 3.00. The second kappa shape index (κ2) is 5.77. The maximum atomic E-state index is 12.7. The SMILES string of the molecule is Cc1cscc1CNc1ccc(C(F)(F)F)c(C(=O)O)c1. The molecular formula is C14H12F3NO2S. The minimum Gasteiger partial charge on any atom is -0.478 e. The van der Waals surface area contributed by atoms with Gasteiger partial charge in [-0.25, -0.2) is 4.79 Å². The molecule has 112 valence electrons. The smallest absolute Gasteiger partial charge is 0.417 e. The monoisotopic (exact) mass is 315 g/mol. The molecule has 0 aliphatic carbocycles. The number of halogens is 3. The van der Waals surface area contributed by atoms with E-state index in [1.807, 2.05) is 17.7 Å². The minimum atomic E-state index is -4.68. The largest absolute Gasteiger partial charge is 0.478 e. The van der Waals surface area contributed by atoms with Gasteiger partial charge in [-0.05, 0) is 47.0 Å². The third kappa shape index (κ3) is 3.55. The van der Waals surface area contributed by atoms with E-state index < -0.39 is 23.3 Å². The Morgan fingerprint density at radius 1 is 1.33 bits per heavy atom. The molecule has 7 heteroatoms. The highest BCUT2D eigenvalue weighted by molar-refractivity contribution is 7.08. The first-order chi connectivity index (χ1) is 9.79. The first-order valence-electron chi connectivity index (χ1n) is 5.99. The number of aryl methyl sites for hydroxylation is 1. The summed E-state index contributed by atoms with van der Waals surface area (Å²) in [4.78, 5) is 11.0. The number of nitrogens with one attached hydrogen (secondary N) is 1. The Morgan fingerprint density at radius 3 is 2.57 bits per heavy atom. The molecule has 2 aromatic rings. The van der Waals surface area contributed by atoms with Crippen LogP contribution in [0.3, 0.4) is 0 Å². The molecule has 0 amide bonds. The Balaban J connectivity index is 2.24. The number of benzene rings is 1. The molecular weight excluding hydrogens is 303 g/mol. The van der Waals surface area contributed by atoms with Gasteiger partial charge in [-0.3, -0.25) is 0 Å². The number of rotatable bonds is 4. The first kappa shape index (κ1) is 15.4. The summed E-state index contributed by atoms with van der Waals surface area (Å²) >= 11 is 1.53. The van der Waals surface area contributed by atoms with Crippen molar-refractivity contribution in [2.24, 2.45) is 0 Å². The first-order valence-corrected chi connectivity index (χ1v) is 6.93. The lowest BCUT2D eigenvalue weighted by atomic mass is 10.1. The standard InChI is InChI=1S/C14H12F3NO2S/c1-8-6-21-7-9(8)5-18-10-2-3-12(14(15,16)17)11(4-10)13(19)20/h2-4,6-7,18H,5H2,1H3,(H,19,20). The maximum absolute atomic E-state index is 12.7. The van der Waals surface area contributed by atoms with Crippen LogP contribution in [0, 0.1) is 6.92 Å². The molecule has 1 heterocycles. The molecule has 1 aromatic carbocycles. The summed E-state index contributed by atoms with van der Waals surface area (Å²) in [6.45, 7) is 2.36. The molecule has 0 saturated carbocycles. The van der Waals surface area contributed by atoms with E-state index in [1.54, 1.807) is 0 Å². The molecule has 0 bridgehead atoms. The Morgan fingerprint density at radius 2 is 2.05 bits per heavy atom. The van der Waals surface area contributed by atoms with Gasteiger partial charge >= 0.3 is 12.1 Å². The van der Waals surface area contributed by atoms with E-state index in [9.17, 15) is 18.0 Å². The number of hydrogen-bond donors (Lipinski definition) is 2. The normalized spacial score (nSPS) is 11.4. The van der Waals surface area contributed by atoms with Gasteiger partial charge < -0.3 is 10.4 Å². The Kier molecular flexibility index (Phi) is 4.22. The van der Waals surface area contributed by atoms with Crippen molar-refractivity contribution in [3.63, 3.8) is 0 Å². The fourth-order valence-electron chi connectivity index (χ4n) is 1.84. The van der Waals surface area contributed by atoms with Crippen LogP contribution in [0.5, 0.6) is 0 Å². The number of carbonyl (C=O) groups is 1. The van der Waals surface area contributed by atoms with Crippen LogP contribution in [0.4, 0.5) is 18.9 Å². The van der Waals surface area contributed by atoms with Crippen LogP contribution in [-0.4, -0.2) is 11.1 Å². The molecule has 0 spiro atoms. The van der Waals surface area contributed by atoms with Crippen LogP contribution in [-0.2, 0) is 12.7 Å². The number of aromatic carboxylic acids is 1. The van der Waals surface area contributed by atoms with Crippen molar-refractivity contribution in [1.29, 1.82) is 0 Å². The summed E-state index contributed by atoms with van der Waals surface area (Å²) in [6, 6.07) is 3.02. The summed E-state index contributed by atoms with van der Waals surface area (Å²) in [5.74, 6) is -1.60. The van der Waals surface area contributed by atoms with Gasteiger partial charge in [0.2, 0.25) is 0 Å². The highest BCUT2D eigenvalue weighted by Crippen LogP contribution is 2.33. The predicted molar refractivity (Wildman–Crippen MR) is 74.8 cm³/mol. The van der Waals surface area contributed by atoms with E-state index in [1.165, 1.54) is 17.4 Å². The fraction of sp³-hybridized carbons (Fsp3) is 0.214. The summed E-state index contributed by atoms with van der Waals surface area (Å²) in [5.41, 5.74) is 0.544. The molecule has 0 saturated heterocycles. The number of carboxylic acids is 1. The molecule has 0 aliphatic heterocycles. The highest BCUT2D eigenvalue weighted by Gasteiger charge is 2.35. The van der Waals surface area contributed by atoms with E-state index in [4.69, 9.17) is 5.11 Å². The lowest BCUT2D eigenvalue weighted by molar-refractivity contribution is -0.138. The van der Waals surface area contributed by atoms with Crippen LogP contribution >= 0.6 is 11.3 Å². The van der Waals surface area contributed by atoms with Gasteiger partial charge in [-0.1, -0.05) is 0 Å². The average Bonchev–Trinajstić information content (AvgIpc) is 2.80. The van der Waals surface area contributed by atoms with Crippen LogP contribution in [0.25, 0.3) is 0 Å². The molecule has 3 nitrogen and oxygen atoms in total. The number of hydrogen-bond acceptors (Lipinski definition) is 3. The molecule has 0 fully saturated rings. The summed E-state index contributed by atoms with van der Waals surface area (Å²) in [5, 5.41) is 15.8. The third-order valence-corrected chi connectivity index (χ3v) is 3.91. The van der Waals surface area contributed by atoms with Crippen LogP contribution in [0.1, 0.15) is 27.0 Å². The van der Waals surface area contributed by atoms with Gasteiger partial charge in [0.1, 0.15) is 0 Å². The lowest BCUT2D eigenvalue weighted by Crippen LogP contribution is -2.13. The summed E-state index contributed by atoms with van der Waals surface area (Å²) in [6.07, 6.45) is -4.68. The van der Waals surface area contributed by atoms with Crippen LogP contribution < -0.4 is 5.32 Å². The van der Waals surface area contributed by atoms with Gasteiger partial charge in [0, 0.05) is 12.2 Å². The van der Waals surface area contributed by atoms with Gasteiger partial charge in [0.25, 0.3) is 0 Å².